The van der Waals surface area contributed by atoms with Gasteiger partial charge in [0, 0.05) is 25.7 Å². The molecule has 1 aliphatic heterocycles. The number of hydrogen-bond donors (Lipinski definition) is 2. The van der Waals surface area contributed by atoms with Gasteiger partial charge < -0.3 is 15.5 Å². The number of carbonyl (C=O) groups excluding carboxylic acids is 2. The van der Waals surface area contributed by atoms with E-state index < -0.39 is 0 Å². The van der Waals surface area contributed by atoms with Gasteiger partial charge in [0.2, 0.25) is 5.91 Å². The van der Waals surface area contributed by atoms with E-state index in [2.05, 4.69) is 22.8 Å². The summed E-state index contributed by atoms with van der Waals surface area (Å²) in [4.78, 5) is 25.3. The number of amides is 3. The van der Waals surface area contributed by atoms with Crippen molar-refractivity contribution in [3.63, 3.8) is 0 Å². The zero-order valence-corrected chi connectivity index (χ0v) is 13.8. The number of urea groups is 1. The highest BCUT2D eigenvalue weighted by atomic mass is 35.5. The lowest BCUT2D eigenvalue weighted by atomic mass is 9.86. The summed E-state index contributed by atoms with van der Waals surface area (Å²) in [5.74, 6) is 0.984. The smallest absolute Gasteiger partial charge is 0.321 e. The molecule has 0 saturated carbocycles. The minimum Gasteiger partial charge on any atom is -0.326 e. The molecule has 1 heterocycles. The predicted molar refractivity (Wildman–Crippen MR) is 91.7 cm³/mol. The van der Waals surface area contributed by atoms with Gasteiger partial charge in [-0.3, -0.25) is 4.79 Å². The molecule has 0 spiro atoms. The van der Waals surface area contributed by atoms with E-state index in [4.69, 9.17) is 11.6 Å². The van der Waals surface area contributed by atoms with Gasteiger partial charge in [0.15, 0.2) is 0 Å². The first-order chi connectivity index (χ1) is 11.0. The van der Waals surface area contributed by atoms with Gasteiger partial charge in [-0.2, -0.15) is 0 Å². The van der Waals surface area contributed by atoms with Crippen LogP contribution in [0.5, 0.6) is 0 Å². The Balaban J connectivity index is 1.63. The Morgan fingerprint density at radius 2 is 1.78 bits per heavy atom. The van der Waals surface area contributed by atoms with E-state index in [9.17, 15) is 9.59 Å². The lowest BCUT2D eigenvalue weighted by molar-refractivity contribution is -0.114. The molecule has 6 heteroatoms. The number of likely N-dealkylation sites (tertiary alicyclic amines) is 1. The number of fused-ring (bicyclic) bond motifs is 1. The molecule has 1 aromatic rings. The van der Waals surface area contributed by atoms with Gasteiger partial charge in [-0.25, -0.2) is 4.79 Å². The van der Waals surface area contributed by atoms with E-state index in [0.29, 0.717) is 28.2 Å². The Morgan fingerprint density at radius 1 is 1.13 bits per heavy atom. The second-order valence-corrected chi connectivity index (χ2v) is 6.58. The Bertz CT molecular complexity index is 643. The van der Waals surface area contributed by atoms with Crippen LogP contribution in [0.3, 0.4) is 0 Å². The first kappa shape index (κ1) is 15.9. The Kier molecular flexibility index (Phi) is 4.57. The van der Waals surface area contributed by atoms with Crippen LogP contribution < -0.4 is 10.6 Å². The predicted octanol–water partition coefficient (Wildman–Crippen LogP) is 3.73. The van der Waals surface area contributed by atoms with Gasteiger partial charge in [0.1, 0.15) is 0 Å². The average molecular weight is 334 g/mol. The van der Waals surface area contributed by atoms with E-state index in [-0.39, 0.29) is 11.9 Å². The van der Waals surface area contributed by atoms with E-state index in [0.717, 1.165) is 25.9 Å². The molecule has 1 saturated heterocycles. The van der Waals surface area contributed by atoms with Crippen molar-refractivity contribution in [2.24, 2.45) is 11.8 Å². The van der Waals surface area contributed by atoms with Crippen molar-refractivity contribution < 1.29 is 9.59 Å². The second-order valence-electron chi connectivity index (χ2n) is 6.17. The third-order valence-corrected chi connectivity index (χ3v) is 4.75. The third-order valence-electron chi connectivity index (χ3n) is 4.44. The monoisotopic (exact) mass is 333 g/mol. The summed E-state index contributed by atoms with van der Waals surface area (Å²) in [6, 6.07) is 4.94. The van der Waals surface area contributed by atoms with Gasteiger partial charge in [-0.1, -0.05) is 23.8 Å². The summed E-state index contributed by atoms with van der Waals surface area (Å²) in [6.45, 7) is 3.02. The number of benzene rings is 1. The van der Waals surface area contributed by atoms with Crippen molar-refractivity contribution in [1.82, 2.24) is 4.90 Å². The number of anilines is 2. The molecule has 122 valence electrons. The van der Waals surface area contributed by atoms with Crippen molar-refractivity contribution in [1.29, 1.82) is 0 Å². The molecule has 1 fully saturated rings. The minimum atomic E-state index is -0.161. The standard InChI is InChI=1S/C17H20ClN3O2/c1-11(22)19-14-6-7-16(15(18)8-14)20-17(23)21-9-12-4-2-3-5-13(12)10-21/h2-3,6-8,12-13H,4-5,9-10H2,1H3,(H,19,22)(H,20,23)/t12-,13-/m1/s1. The van der Waals surface area contributed by atoms with Gasteiger partial charge in [-0.15, -0.1) is 0 Å². The molecule has 3 rings (SSSR count). The molecule has 23 heavy (non-hydrogen) atoms. The highest BCUT2D eigenvalue weighted by Crippen LogP contribution is 2.33. The van der Waals surface area contributed by atoms with Crippen LogP contribution in [-0.4, -0.2) is 29.9 Å². The molecule has 2 N–H and O–H groups in total. The van der Waals surface area contributed by atoms with Gasteiger partial charge in [0.25, 0.3) is 0 Å². The molecule has 1 aliphatic carbocycles. The molecule has 2 aliphatic rings. The summed E-state index contributed by atoms with van der Waals surface area (Å²) in [5.41, 5.74) is 1.16. The third kappa shape index (κ3) is 3.67. The van der Waals surface area contributed by atoms with Crippen molar-refractivity contribution >= 4 is 34.9 Å². The number of hydrogen-bond acceptors (Lipinski definition) is 2. The van der Waals surface area contributed by atoms with Crippen LogP contribution in [0.1, 0.15) is 19.8 Å². The van der Waals surface area contributed by atoms with Crippen molar-refractivity contribution in [2.45, 2.75) is 19.8 Å². The number of allylic oxidation sites excluding steroid dienone is 2. The molecule has 0 bridgehead atoms. The highest BCUT2D eigenvalue weighted by molar-refractivity contribution is 6.34. The fourth-order valence-electron chi connectivity index (χ4n) is 3.27. The Hall–Kier alpha value is -2.01. The van der Waals surface area contributed by atoms with Crippen molar-refractivity contribution in [3.8, 4) is 0 Å². The van der Waals surface area contributed by atoms with E-state index in [1.807, 2.05) is 4.90 Å². The number of halogens is 1. The first-order valence-electron chi connectivity index (χ1n) is 7.81. The zero-order valence-electron chi connectivity index (χ0n) is 13.0. The summed E-state index contributed by atoms with van der Waals surface area (Å²) in [7, 11) is 0. The van der Waals surface area contributed by atoms with Crippen LogP contribution in [0.25, 0.3) is 0 Å². The largest absolute Gasteiger partial charge is 0.326 e. The fraction of sp³-hybridized carbons (Fsp3) is 0.412. The molecule has 2 atom stereocenters. The maximum absolute atomic E-state index is 12.4. The quantitative estimate of drug-likeness (QED) is 0.810. The van der Waals surface area contributed by atoms with Gasteiger partial charge >= 0.3 is 6.03 Å². The van der Waals surface area contributed by atoms with Crippen LogP contribution in [0.4, 0.5) is 16.2 Å². The van der Waals surface area contributed by atoms with E-state index in [1.54, 1.807) is 18.2 Å². The normalized spacial score (nSPS) is 22.6. The SMILES string of the molecule is CC(=O)Nc1ccc(NC(=O)N2C[C@H]3CC=CC[C@@H]3C2)c(Cl)c1. The van der Waals surface area contributed by atoms with Crippen LogP contribution in [-0.2, 0) is 4.79 Å². The van der Waals surface area contributed by atoms with Crippen molar-refractivity contribution in [2.75, 3.05) is 23.7 Å². The Morgan fingerprint density at radius 3 is 2.35 bits per heavy atom. The number of rotatable bonds is 2. The maximum atomic E-state index is 12.4. The van der Waals surface area contributed by atoms with E-state index in [1.165, 1.54) is 6.92 Å². The second kappa shape index (κ2) is 6.62. The van der Waals surface area contributed by atoms with Crippen molar-refractivity contribution in [3.05, 3.63) is 35.4 Å². The first-order valence-corrected chi connectivity index (χ1v) is 8.19. The van der Waals surface area contributed by atoms with Crippen LogP contribution in [0, 0.1) is 11.8 Å². The molecule has 1 aromatic carbocycles. The average Bonchev–Trinajstić information content (AvgIpc) is 2.93. The van der Waals surface area contributed by atoms with E-state index >= 15 is 0 Å². The van der Waals surface area contributed by atoms with Gasteiger partial charge in [0.05, 0.1) is 10.7 Å². The summed E-state index contributed by atoms with van der Waals surface area (Å²) < 4.78 is 0. The lowest BCUT2D eigenvalue weighted by Crippen LogP contribution is -2.33. The topological polar surface area (TPSA) is 61.4 Å². The van der Waals surface area contributed by atoms with Crippen LogP contribution in [0.15, 0.2) is 30.4 Å². The minimum absolute atomic E-state index is 0.117. The summed E-state index contributed by atoms with van der Waals surface area (Å²) in [6.07, 6.45) is 6.53. The summed E-state index contributed by atoms with van der Waals surface area (Å²) >= 11 is 6.19. The Labute approximate surface area is 140 Å². The molecular weight excluding hydrogens is 314 g/mol. The highest BCUT2D eigenvalue weighted by Gasteiger charge is 2.35. The molecule has 5 nitrogen and oxygen atoms in total. The van der Waals surface area contributed by atoms with Gasteiger partial charge in [-0.05, 0) is 42.9 Å². The molecule has 0 unspecified atom stereocenters. The molecule has 3 amide bonds. The lowest BCUT2D eigenvalue weighted by Gasteiger charge is -2.18. The number of carbonyl (C=O) groups is 2. The van der Waals surface area contributed by atoms with Crippen LogP contribution >= 0.6 is 11.6 Å². The molecule has 0 aromatic heterocycles. The number of nitrogens with zero attached hydrogens (tertiary/aromatic N) is 1. The van der Waals surface area contributed by atoms with Crippen LogP contribution in [0.2, 0.25) is 5.02 Å². The zero-order chi connectivity index (χ0) is 16.4. The molecular formula is C17H20ClN3O2. The molecule has 0 radical (unpaired) electrons. The summed E-state index contributed by atoms with van der Waals surface area (Å²) in [5, 5.41) is 5.93. The number of nitrogens with one attached hydrogen (secondary N) is 2. The fourth-order valence-corrected chi connectivity index (χ4v) is 3.50. The maximum Gasteiger partial charge on any atom is 0.321 e.